The molecule has 0 bridgehead atoms. The summed E-state index contributed by atoms with van der Waals surface area (Å²) in [5.41, 5.74) is 6.56. The number of aryl methyl sites for hydroxylation is 4. The number of carbonyl (C=O) groups is 1. The fourth-order valence-corrected chi connectivity index (χ4v) is 4.30. The number of aromatic nitrogens is 5. The quantitative estimate of drug-likeness (QED) is 0.518. The minimum atomic E-state index is -0.194. The monoisotopic (exact) mass is 432 g/mol. The van der Waals surface area contributed by atoms with Gasteiger partial charge in [-0.05, 0) is 58.0 Å². The van der Waals surface area contributed by atoms with Crippen LogP contribution in [0.2, 0.25) is 0 Å². The molecule has 8 nitrogen and oxygen atoms in total. The van der Waals surface area contributed by atoms with Crippen LogP contribution in [-0.2, 0) is 14.1 Å². The van der Waals surface area contributed by atoms with Gasteiger partial charge in [0.2, 0.25) is 0 Å². The number of amides is 1. The van der Waals surface area contributed by atoms with Crippen molar-refractivity contribution in [3.05, 3.63) is 58.5 Å². The molecule has 3 aromatic heterocycles. The van der Waals surface area contributed by atoms with Crippen molar-refractivity contribution < 1.29 is 9.53 Å². The lowest BCUT2D eigenvalue weighted by atomic mass is 10.0. The van der Waals surface area contributed by atoms with Gasteiger partial charge in [-0.15, -0.1) is 0 Å². The van der Waals surface area contributed by atoms with Gasteiger partial charge in [0.15, 0.2) is 5.65 Å². The van der Waals surface area contributed by atoms with E-state index >= 15 is 0 Å². The van der Waals surface area contributed by atoms with Crippen LogP contribution in [0.4, 0.5) is 0 Å². The second-order valence-electron chi connectivity index (χ2n) is 8.09. The smallest absolute Gasteiger partial charge is 0.252 e. The van der Waals surface area contributed by atoms with Gasteiger partial charge in [0, 0.05) is 30.9 Å². The number of ether oxygens (including phenoxy) is 1. The van der Waals surface area contributed by atoms with Gasteiger partial charge >= 0.3 is 0 Å². The average molecular weight is 433 g/mol. The highest BCUT2D eigenvalue weighted by Crippen LogP contribution is 2.29. The first-order valence-electron chi connectivity index (χ1n) is 10.5. The summed E-state index contributed by atoms with van der Waals surface area (Å²) in [5.74, 6) is 0.596. The van der Waals surface area contributed by atoms with Crippen molar-refractivity contribution in [1.29, 1.82) is 0 Å². The van der Waals surface area contributed by atoms with E-state index in [-0.39, 0.29) is 11.9 Å². The Kier molecular flexibility index (Phi) is 5.46. The van der Waals surface area contributed by atoms with Gasteiger partial charge in [-0.1, -0.05) is 0 Å². The fourth-order valence-electron chi connectivity index (χ4n) is 4.30. The second-order valence-corrected chi connectivity index (χ2v) is 8.09. The lowest BCUT2D eigenvalue weighted by Crippen LogP contribution is -2.27. The first-order valence-corrected chi connectivity index (χ1v) is 10.5. The molecule has 1 atom stereocenters. The van der Waals surface area contributed by atoms with Crippen molar-refractivity contribution in [2.75, 3.05) is 7.11 Å². The zero-order valence-corrected chi connectivity index (χ0v) is 19.5. The first-order chi connectivity index (χ1) is 15.2. The number of pyridine rings is 1. The maximum atomic E-state index is 13.5. The zero-order valence-electron chi connectivity index (χ0n) is 19.5. The van der Waals surface area contributed by atoms with Crippen LogP contribution in [0.3, 0.4) is 0 Å². The molecule has 166 valence electrons. The number of nitrogens with zero attached hydrogens (tertiary/aromatic N) is 5. The van der Waals surface area contributed by atoms with Crippen molar-refractivity contribution in [2.45, 2.75) is 33.7 Å². The van der Waals surface area contributed by atoms with E-state index in [2.05, 4.69) is 15.5 Å². The number of fused-ring (bicyclic) bond motifs is 1. The van der Waals surface area contributed by atoms with E-state index in [4.69, 9.17) is 9.72 Å². The molecule has 1 amide bonds. The van der Waals surface area contributed by atoms with E-state index in [9.17, 15) is 4.79 Å². The molecule has 0 saturated heterocycles. The molecule has 4 aromatic rings. The largest absolute Gasteiger partial charge is 0.497 e. The summed E-state index contributed by atoms with van der Waals surface area (Å²) >= 11 is 0. The summed E-state index contributed by atoms with van der Waals surface area (Å²) in [6.45, 7) is 7.85. The van der Waals surface area contributed by atoms with Gasteiger partial charge in [0.1, 0.15) is 5.75 Å². The normalized spacial score (nSPS) is 12.2. The topological polar surface area (TPSA) is 86.9 Å². The van der Waals surface area contributed by atoms with Crippen molar-refractivity contribution in [2.24, 2.45) is 14.1 Å². The lowest BCUT2D eigenvalue weighted by molar-refractivity contribution is 0.0941. The molecule has 0 fully saturated rings. The third-order valence-corrected chi connectivity index (χ3v) is 5.94. The molecule has 0 saturated carbocycles. The van der Waals surface area contributed by atoms with Crippen molar-refractivity contribution >= 4 is 16.9 Å². The van der Waals surface area contributed by atoms with Crippen LogP contribution in [-0.4, -0.2) is 37.6 Å². The lowest BCUT2D eigenvalue weighted by Gasteiger charge is -2.16. The Morgan fingerprint density at radius 3 is 2.28 bits per heavy atom. The Balaban J connectivity index is 1.78. The number of methoxy groups -OCH3 is 1. The summed E-state index contributed by atoms with van der Waals surface area (Å²) in [5, 5.41) is 12.9. The molecule has 0 spiro atoms. The Labute approximate surface area is 187 Å². The number of hydrogen-bond donors (Lipinski definition) is 1. The summed E-state index contributed by atoms with van der Waals surface area (Å²) < 4.78 is 8.81. The molecule has 1 N–H and O–H groups in total. The van der Waals surface area contributed by atoms with E-state index in [0.717, 1.165) is 39.3 Å². The Morgan fingerprint density at radius 2 is 1.69 bits per heavy atom. The molecule has 32 heavy (non-hydrogen) atoms. The zero-order chi connectivity index (χ0) is 23.2. The van der Waals surface area contributed by atoms with Crippen LogP contribution < -0.4 is 10.1 Å². The summed E-state index contributed by atoms with van der Waals surface area (Å²) in [4.78, 5) is 18.3. The summed E-state index contributed by atoms with van der Waals surface area (Å²) in [6, 6.07) is 9.27. The predicted octanol–water partition coefficient (Wildman–Crippen LogP) is 3.79. The minimum absolute atomic E-state index is 0.168. The SMILES string of the molecule is COc1ccc(-c2cc(C(=O)N[C@H](C)c3c(C)nn(C)c3C)c3c(C)nn(C)c3n2)cc1. The molecule has 1 aromatic carbocycles. The highest BCUT2D eigenvalue weighted by Gasteiger charge is 2.23. The van der Waals surface area contributed by atoms with Crippen molar-refractivity contribution in [3.8, 4) is 17.0 Å². The van der Waals surface area contributed by atoms with Crippen LogP contribution in [0, 0.1) is 20.8 Å². The van der Waals surface area contributed by atoms with Crippen LogP contribution in [0.15, 0.2) is 30.3 Å². The standard InChI is InChI=1S/C24H28N6O2/c1-13(21-14(2)27-29(5)16(21)4)25-24(31)19-12-20(17-8-10-18(32-7)11-9-17)26-23-22(19)15(3)28-30(23)6/h8-13H,1-7H3,(H,25,31)/t13-/m1/s1. The minimum Gasteiger partial charge on any atom is -0.497 e. The second kappa shape index (κ2) is 8.11. The van der Waals surface area contributed by atoms with Gasteiger partial charge in [0.05, 0.1) is 41.2 Å². The highest BCUT2D eigenvalue weighted by atomic mass is 16.5. The molecule has 4 rings (SSSR count). The molecule has 0 aliphatic heterocycles. The van der Waals surface area contributed by atoms with E-state index in [1.165, 1.54) is 0 Å². The maximum Gasteiger partial charge on any atom is 0.252 e. The third kappa shape index (κ3) is 3.62. The van der Waals surface area contributed by atoms with Crippen LogP contribution in [0.5, 0.6) is 5.75 Å². The first kappa shape index (κ1) is 21.5. The van der Waals surface area contributed by atoms with E-state index < -0.39 is 0 Å². The Bertz CT molecular complexity index is 1320. The molecule has 0 aliphatic rings. The Morgan fingerprint density at radius 1 is 1.03 bits per heavy atom. The van der Waals surface area contributed by atoms with Gasteiger partial charge in [-0.3, -0.25) is 14.2 Å². The van der Waals surface area contributed by atoms with Gasteiger partial charge in [0.25, 0.3) is 5.91 Å². The highest BCUT2D eigenvalue weighted by molar-refractivity contribution is 6.07. The summed E-state index contributed by atoms with van der Waals surface area (Å²) in [7, 11) is 5.38. The fraction of sp³-hybridized carbons (Fsp3) is 0.333. The molecular formula is C24H28N6O2. The van der Waals surface area contributed by atoms with Crippen LogP contribution in [0.1, 0.15) is 46.0 Å². The number of carbonyl (C=O) groups excluding carboxylic acids is 1. The predicted molar refractivity (Wildman–Crippen MR) is 124 cm³/mol. The number of nitrogens with one attached hydrogen (secondary N) is 1. The van der Waals surface area contributed by atoms with Crippen molar-refractivity contribution in [3.63, 3.8) is 0 Å². The van der Waals surface area contributed by atoms with Gasteiger partial charge in [-0.2, -0.15) is 10.2 Å². The molecule has 0 radical (unpaired) electrons. The molecule has 3 heterocycles. The summed E-state index contributed by atoms with van der Waals surface area (Å²) in [6.07, 6.45) is 0. The Hall–Kier alpha value is -3.68. The number of benzene rings is 1. The van der Waals surface area contributed by atoms with E-state index in [1.54, 1.807) is 11.8 Å². The maximum absolute atomic E-state index is 13.5. The van der Waals surface area contributed by atoms with Crippen LogP contribution in [0.25, 0.3) is 22.3 Å². The van der Waals surface area contributed by atoms with Crippen molar-refractivity contribution in [1.82, 2.24) is 29.9 Å². The van der Waals surface area contributed by atoms with Crippen LogP contribution >= 0.6 is 0 Å². The van der Waals surface area contributed by atoms with Gasteiger partial charge in [-0.25, -0.2) is 4.98 Å². The van der Waals surface area contributed by atoms with E-state index in [1.807, 2.05) is 76.8 Å². The molecule has 0 unspecified atom stereocenters. The molecule has 8 heteroatoms. The average Bonchev–Trinajstić information content (AvgIpc) is 3.20. The van der Waals surface area contributed by atoms with E-state index in [0.29, 0.717) is 16.9 Å². The third-order valence-electron chi connectivity index (χ3n) is 5.94. The number of rotatable bonds is 5. The molecular weight excluding hydrogens is 404 g/mol. The molecule has 0 aliphatic carbocycles. The number of hydrogen-bond acceptors (Lipinski definition) is 5. The van der Waals surface area contributed by atoms with Gasteiger partial charge < -0.3 is 10.1 Å².